The molecule has 3 heteroatoms. The third-order valence-corrected chi connectivity index (χ3v) is 5.12. The molecule has 0 spiro atoms. The molecule has 0 saturated heterocycles. The maximum absolute atomic E-state index is 10.1. The van der Waals surface area contributed by atoms with Crippen LogP contribution in [0, 0.1) is 0 Å². The van der Waals surface area contributed by atoms with Crippen molar-refractivity contribution >= 4 is 25.2 Å². The first-order chi connectivity index (χ1) is 8.97. The average Bonchev–Trinajstić information content (AvgIpc) is 2.39. The fourth-order valence-corrected chi connectivity index (χ4v) is 3.00. The van der Waals surface area contributed by atoms with Crippen LogP contribution in [0.15, 0.2) is 54.9 Å². The van der Waals surface area contributed by atoms with Crippen molar-refractivity contribution in [1.82, 2.24) is 0 Å². The molecule has 0 saturated carbocycles. The summed E-state index contributed by atoms with van der Waals surface area (Å²) in [6.07, 6.45) is 5.71. The van der Waals surface area contributed by atoms with E-state index >= 15 is 0 Å². The van der Waals surface area contributed by atoms with Crippen LogP contribution in [0.3, 0.4) is 0 Å². The molecule has 1 N–H and O–H groups in total. The van der Waals surface area contributed by atoms with E-state index in [4.69, 9.17) is 0 Å². The van der Waals surface area contributed by atoms with Crippen molar-refractivity contribution in [2.75, 3.05) is 0 Å². The molecule has 2 aromatic rings. The second kappa shape index (κ2) is 5.41. The van der Waals surface area contributed by atoms with Crippen molar-refractivity contribution in [2.45, 2.75) is 19.6 Å². The monoisotopic (exact) mass is 270 g/mol. The minimum absolute atomic E-state index is 0.270. The van der Waals surface area contributed by atoms with E-state index in [1.807, 2.05) is 47.3 Å². The van der Waals surface area contributed by atoms with Gasteiger partial charge in [-0.05, 0) is 5.19 Å². The van der Waals surface area contributed by atoms with E-state index in [0.717, 1.165) is 5.56 Å². The highest BCUT2D eigenvalue weighted by Crippen LogP contribution is 2.09. The van der Waals surface area contributed by atoms with Crippen LogP contribution >= 0.6 is 0 Å². The van der Waals surface area contributed by atoms with Crippen LogP contribution in [-0.4, -0.2) is 13.2 Å². The quantitative estimate of drug-likeness (QED) is 0.517. The summed E-state index contributed by atoms with van der Waals surface area (Å²) in [5, 5.41) is 11.5. The van der Waals surface area contributed by atoms with Crippen LogP contribution in [0.1, 0.15) is 5.56 Å². The molecule has 1 aromatic carbocycles. The Morgan fingerprint density at radius 1 is 1.00 bits per heavy atom. The van der Waals surface area contributed by atoms with E-state index in [1.165, 1.54) is 5.19 Å². The molecule has 0 amide bonds. The molecule has 0 fully saturated rings. The largest absolute Gasteiger partial charge is 0.502 e. The van der Waals surface area contributed by atoms with Crippen molar-refractivity contribution in [3.8, 4) is 0 Å². The van der Waals surface area contributed by atoms with Gasteiger partial charge < -0.3 is 5.11 Å². The van der Waals surface area contributed by atoms with Gasteiger partial charge in [0, 0.05) is 17.7 Å². The van der Waals surface area contributed by atoms with Gasteiger partial charge in [-0.2, -0.15) is 4.57 Å². The Kier molecular flexibility index (Phi) is 3.86. The number of pyridine rings is 1. The van der Waals surface area contributed by atoms with E-state index in [2.05, 4.69) is 31.8 Å². The van der Waals surface area contributed by atoms with Gasteiger partial charge in [-0.25, -0.2) is 0 Å². The smallest absolute Gasteiger partial charge is 0.216 e. The highest BCUT2D eigenvalue weighted by Gasteiger charge is 2.17. The van der Waals surface area contributed by atoms with Gasteiger partial charge in [0.05, 0.1) is 8.07 Å². The Hall–Kier alpha value is -1.87. The second-order valence-electron chi connectivity index (χ2n) is 5.66. The number of nitrogens with zero attached hydrogens (tertiary/aromatic N) is 1. The van der Waals surface area contributed by atoms with Crippen LogP contribution in [0.5, 0.6) is 0 Å². The zero-order valence-electron chi connectivity index (χ0n) is 11.7. The summed E-state index contributed by atoms with van der Waals surface area (Å²) in [5.74, 6) is 0.270. The van der Waals surface area contributed by atoms with Gasteiger partial charge in [0.2, 0.25) is 6.20 Å². The molecule has 0 aliphatic carbocycles. The minimum atomic E-state index is -1.26. The lowest BCUT2D eigenvalue weighted by Gasteiger charge is -2.14. The first kappa shape index (κ1) is 13.6. The lowest BCUT2D eigenvalue weighted by molar-refractivity contribution is -0.568. The van der Waals surface area contributed by atoms with Gasteiger partial charge in [0.15, 0.2) is 18.2 Å². The van der Waals surface area contributed by atoms with E-state index in [0.29, 0.717) is 0 Å². The van der Waals surface area contributed by atoms with Gasteiger partial charge in [-0.1, -0.05) is 50.0 Å². The lowest BCUT2D eigenvalue weighted by atomic mass is 10.2. The fourth-order valence-electron chi connectivity index (χ4n) is 1.85. The molecule has 0 unspecified atom stereocenters. The zero-order chi connectivity index (χ0) is 13.9. The number of aliphatic hydroxyl groups excluding tert-OH is 1. The average molecular weight is 270 g/mol. The molecule has 1 aromatic heterocycles. The summed E-state index contributed by atoms with van der Waals surface area (Å²) in [4.78, 5) is 0. The zero-order valence-corrected chi connectivity index (χ0v) is 12.7. The summed E-state index contributed by atoms with van der Waals surface area (Å²) >= 11 is 0. The number of aliphatic hydroxyl groups is 1. The van der Waals surface area contributed by atoms with E-state index in [-0.39, 0.29) is 5.76 Å². The molecule has 0 radical (unpaired) electrons. The molecular weight excluding hydrogens is 250 g/mol. The van der Waals surface area contributed by atoms with Crippen molar-refractivity contribution in [3.63, 3.8) is 0 Å². The molecule has 0 aliphatic rings. The van der Waals surface area contributed by atoms with Crippen LogP contribution in [0.4, 0.5) is 0 Å². The highest BCUT2D eigenvalue weighted by atomic mass is 28.3. The standard InChI is InChI=1S/C16H19NOSi/c1-19(2,3)15-9-11-17(12-10-15)13-16(18)14-7-5-4-6-8-14/h4-13H,1-3H3/p+1/b16-13-. The topological polar surface area (TPSA) is 24.1 Å². The number of benzene rings is 1. The summed E-state index contributed by atoms with van der Waals surface area (Å²) in [6, 6.07) is 13.8. The predicted octanol–water partition coefficient (Wildman–Crippen LogP) is 3.03. The highest BCUT2D eigenvalue weighted by molar-refractivity contribution is 6.88. The Morgan fingerprint density at radius 2 is 1.58 bits per heavy atom. The first-order valence-electron chi connectivity index (χ1n) is 6.44. The fraction of sp³-hybridized carbons (Fsp3) is 0.188. The molecule has 2 rings (SSSR count). The molecular formula is C16H20NOSi+. The molecule has 0 aliphatic heterocycles. The molecule has 0 atom stereocenters. The van der Waals surface area contributed by atoms with Crippen LogP contribution in [0.2, 0.25) is 19.6 Å². The summed E-state index contributed by atoms with van der Waals surface area (Å²) < 4.78 is 1.88. The summed E-state index contributed by atoms with van der Waals surface area (Å²) in [7, 11) is -1.26. The van der Waals surface area contributed by atoms with Crippen molar-refractivity contribution in [3.05, 3.63) is 60.4 Å². The van der Waals surface area contributed by atoms with Gasteiger partial charge in [-0.3, -0.25) is 0 Å². The summed E-state index contributed by atoms with van der Waals surface area (Å²) in [6.45, 7) is 6.97. The number of aromatic nitrogens is 1. The number of hydrogen-bond acceptors (Lipinski definition) is 1. The van der Waals surface area contributed by atoms with E-state index in [1.54, 1.807) is 6.20 Å². The van der Waals surface area contributed by atoms with Crippen LogP contribution in [0.25, 0.3) is 12.0 Å². The molecule has 0 bridgehead atoms. The van der Waals surface area contributed by atoms with Crippen molar-refractivity contribution < 1.29 is 9.67 Å². The van der Waals surface area contributed by atoms with Gasteiger partial charge in [-0.15, -0.1) is 0 Å². The van der Waals surface area contributed by atoms with Gasteiger partial charge in [0.1, 0.15) is 0 Å². The second-order valence-corrected chi connectivity index (χ2v) is 10.7. The molecule has 2 nitrogen and oxygen atoms in total. The summed E-state index contributed by atoms with van der Waals surface area (Å²) in [5.41, 5.74) is 0.823. The van der Waals surface area contributed by atoms with Crippen LogP contribution in [-0.2, 0) is 0 Å². The van der Waals surface area contributed by atoms with Crippen molar-refractivity contribution in [1.29, 1.82) is 0 Å². The maximum Gasteiger partial charge on any atom is 0.216 e. The Bertz CT molecular complexity index is 568. The normalized spacial score (nSPS) is 12.5. The minimum Gasteiger partial charge on any atom is -0.502 e. The SMILES string of the molecule is C[Si](C)(C)c1cc[n+](/C=C(\O)c2ccccc2)cc1. The van der Waals surface area contributed by atoms with E-state index < -0.39 is 8.07 Å². The molecule has 98 valence electrons. The molecule has 1 heterocycles. The first-order valence-corrected chi connectivity index (χ1v) is 9.94. The Labute approximate surface area is 115 Å². The number of hydrogen-bond donors (Lipinski definition) is 1. The maximum atomic E-state index is 10.1. The van der Waals surface area contributed by atoms with Crippen molar-refractivity contribution in [2.24, 2.45) is 0 Å². The van der Waals surface area contributed by atoms with Gasteiger partial charge >= 0.3 is 0 Å². The third kappa shape index (κ3) is 3.55. The predicted molar refractivity (Wildman–Crippen MR) is 82.9 cm³/mol. The van der Waals surface area contributed by atoms with E-state index in [9.17, 15) is 5.11 Å². The van der Waals surface area contributed by atoms with Gasteiger partial charge in [0.25, 0.3) is 0 Å². The van der Waals surface area contributed by atoms with Crippen LogP contribution < -0.4 is 9.75 Å². The number of rotatable bonds is 3. The Balaban J connectivity index is 2.24. The lowest BCUT2D eigenvalue weighted by Crippen LogP contribution is -2.40. The molecule has 19 heavy (non-hydrogen) atoms. The third-order valence-electron chi connectivity index (χ3n) is 3.06. The Morgan fingerprint density at radius 3 is 2.11 bits per heavy atom.